The first-order chi connectivity index (χ1) is 2.27. The topological polar surface area (TPSA) is 0 Å². The summed E-state index contributed by atoms with van der Waals surface area (Å²) in [4.78, 5) is 0. The molecule has 0 aromatic heterocycles. The summed E-state index contributed by atoms with van der Waals surface area (Å²) >= 11 is 10.4. The molecule has 0 rings (SSSR count). The number of halogens is 2. The quantitative estimate of drug-likeness (QED) is 0.338. The molecule has 0 spiro atoms. The second-order valence-electron chi connectivity index (χ2n) is 0.527. The third-order valence-electron chi connectivity index (χ3n) is 0.145. The lowest BCUT2D eigenvalue weighted by atomic mass is 9.78. The van der Waals surface area contributed by atoms with Crippen LogP contribution in [0.5, 0.6) is 0 Å². The number of rotatable bonds is 1. The lowest BCUT2D eigenvalue weighted by Crippen LogP contribution is -2.05. The van der Waals surface area contributed by atoms with E-state index in [2.05, 4.69) is 0 Å². The third-order valence-corrected chi connectivity index (χ3v) is 1.31. The van der Waals surface area contributed by atoms with E-state index in [9.17, 15) is 0 Å². The van der Waals surface area contributed by atoms with Gasteiger partial charge in [-0.15, -0.1) is 0 Å². The van der Waals surface area contributed by atoms with Crippen LogP contribution >= 0.6 is 22.2 Å². The molecule has 0 saturated carbocycles. The van der Waals surface area contributed by atoms with E-state index < -0.39 is 7.29 Å². The maximum atomic E-state index is 5.19. The highest BCUT2D eigenvalue weighted by Crippen LogP contribution is 1.87. The van der Waals surface area contributed by atoms with Gasteiger partial charge in [0.15, 0.2) is 7.29 Å². The zero-order valence-corrected chi connectivity index (χ0v) is 5.15. The van der Waals surface area contributed by atoms with Crippen LogP contribution in [0.25, 0.3) is 0 Å². The molecule has 0 aromatic rings. The minimum Gasteiger partial charge on any atom is -0.161 e. The Morgan fingerprint density at radius 1 is 1.60 bits per heavy atom. The second-order valence-corrected chi connectivity index (χ2v) is 5.07. The van der Waals surface area contributed by atoms with Gasteiger partial charge in [0.05, 0.1) is 6.76 Å². The highest BCUT2D eigenvalue weighted by molar-refractivity contribution is 7.63. The van der Waals surface area contributed by atoms with Crippen molar-refractivity contribution in [2.75, 3.05) is 0 Å². The molecule has 0 aliphatic heterocycles. The maximum Gasteiger partial charge on any atom is 0.187 e. The fraction of sp³-hybridized carbons (Fsp3) is 0. The van der Waals surface area contributed by atoms with Crippen molar-refractivity contribution >= 4 is 43.9 Å². The van der Waals surface area contributed by atoms with Gasteiger partial charge in [-0.05, 0) is 0 Å². The Bertz CT molecular complexity index is 21.6. The summed E-state index contributed by atoms with van der Waals surface area (Å²) in [5.74, 6) is 0. The Morgan fingerprint density at radius 2 is 1.80 bits per heavy atom. The Kier molecular flexibility index (Phi) is 3.71. The molecule has 5 heavy (non-hydrogen) atoms. The summed E-state index contributed by atoms with van der Waals surface area (Å²) in [6.07, 6.45) is 0. The van der Waals surface area contributed by atoms with Gasteiger partial charge in [0.2, 0.25) is 0 Å². The fourth-order valence-electron chi connectivity index (χ4n) is 0. The Labute approximate surface area is 44.4 Å². The van der Waals surface area contributed by atoms with Crippen LogP contribution in [0.2, 0.25) is 0 Å². The third kappa shape index (κ3) is 4.93. The van der Waals surface area contributed by atoms with Gasteiger partial charge in [-0.3, -0.25) is 0 Å². The number of hydrogen-bond acceptors (Lipinski definition) is 0. The summed E-state index contributed by atoms with van der Waals surface area (Å²) in [6, 6.07) is 0. The van der Waals surface area contributed by atoms with Crippen LogP contribution < -0.4 is 0 Å². The first kappa shape index (κ1) is 5.93. The first-order valence-electron chi connectivity index (χ1n) is 1.10. The molecule has 0 unspecified atom stereocenters. The monoisotopic (exact) mass is 121 g/mol. The van der Waals surface area contributed by atoms with E-state index in [1.807, 2.05) is 0 Å². The lowest BCUT2D eigenvalue weighted by Gasteiger charge is -1.79. The molecular formula is HB2Cl2Si. The summed E-state index contributed by atoms with van der Waals surface area (Å²) in [6.45, 7) is 1.34. The molecule has 0 nitrogen and oxygen atoms in total. The van der Waals surface area contributed by atoms with Crippen molar-refractivity contribution in [2.24, 2.45) is 0 Å². The molecule has 0 aromatic carbocycles. The Balaban J connectivity index is 2.54. The van der Waals surface area contributed by atoms with Crippen LogP contribution in [-0.4, -0.2) is 21.8 Å². The largest absolute Gasteiger partial charge is 0.187 e. The van der Waals surface area contributed by atoms with Crippen LogP contribution in [0.3, 0.4) is 0 Å². The van der Waals surface area contributed by atoms with Crippen LogP contribution in [-0.2, 0) is 0 Å². The first-order valence-corrected chi connectivity index (χ1v) is 5.26. The summed E-state index contributed by atoms with van der Waals surface area (Å²) in [5, 5.41) is 0. The molecule has 25 valence electrons. The molecule has 0 saturated heterocycles. The Hall–Kier alpha value is 0.927. The van der Waals surface area contributed by atoms with E-state index in [1.54, 1.807) is 0 Å². The van der Waals surface area contributed by atoms with E-state index in [-0.39, 0.29) is 0 Å². The molecule has 0 fully saturated rings. The van der Waals surface area contributed by atoms with Crippen molar-refractivity contribution in [1.29, 1.82) is 0 Å². The van der Waals surface area contributed by atoms with E-state index in [0.29, 0.717) is 0 Å². The minimum absolute atomic E-state index is 1.34. The predicted molar refractivity (Wildman–Crippen MR) is 30.4 cm³/mol. The van der Waals surface area contributed by atoms with Crippen LogP contribution in [0.4, 0.5) is 0 Å². The average Bonchev–Trinajstić information content (AvgIpc) is 1.38. The average molecular weight is 122 g/mol. The molecule has 0 N–H and O–H groups in total. The zero-order valence-electron chi connectivity index (χ0n) is 2.49. The van der Waals surface area contributed by atoms with Gasteiger partial charge < -0.3 is 0 Å². The van der Waals surface area contributed by atoms with Crippen LogP contribution in [0, 0.1) is 0 Å². The number of hydrogen-bond donors (Lipinski definition) is 0. The summed E-state index contributed by atoms with van der Waals surface area (Å²) in [7, 11) is 3.29. The van der Waals surface area contributed by atoms with E-state index in [0.717, 1.165) is 0 Å². The van der Waals surface area contributed by atoms with Crippen LogP contribution in [0.1, 0.15) is 0 Å². The highest BCUT2D eigenvalue weighted by Gasteiger charge is 1.92. The molecule has 0 atom stereocenters. The smallest absolute Gasteiger partial charge is 0.161 e. The maximum absolute atomic E-state index is 5.19. The van der Waals surface area contributed by atoms with Crippen molar-refractivity contribution in [2.45, 2.75) is 0 Å². The van der Waals surface area contributed by atoms with Crippen molar-refractivity contribution in [3.05, 3.63) is 0 Å². The van der Waals surface area contributed by atoms with Crippen molar-refractivity contribution in [3.8, 4) is 0 Å². The molecule has 0 amide bonds. The Morgan fingerprint density at radius 3 is 1.80 bits per heavy atom. The van der Waals surface area contributed by atoms with Gasteiger partial charge in [0.1, 0.15) is 0 Å². The van der Waals surface area contributed by atoms with Gasteiger partial charge in [0, 0.05) is 7.74 Å². The highest BCUT2D eigenvalue weighted by atomic mass is 35.7. The van der Waals surface area contributed by atoms with Gasteiger partial charge in [-0.1, -0.05) is 0 Å². The molecule has 0 aliphatic rings. The molecule has 0 heterocycles. The second kappa shape index (κ2) is 3.13. The van der Waals surface area contributed by atoms with Gasteiger partial charge in [-0.2, -0.15) is 22.2 Å². The molecule has 0 bridgehead atoms. The summed E-state index contributed by atoms with van der Waals surface area (Å²) < 4.78 is 0. The lowest BCUT2D eigenvalue weighted by molar-refractivity contribution is 3.93. The molecule has 3 radical (unpaired) electrons. The fourth-order valence-corrected chi connectivity index (χ4v) is 0. The molecule has 0 aliphatic carbocycles. The van der Waals surface area contributed by atoms with Crippen LogP contribution in [0.15, 0.2) is 0 Å². The minimum atomic E-state index is -1.55. The van der Waals surface area contributed by atoms with Gasteiger partial charge >= 0.3 is 0 Å². The van der Waals surface area contributed by atoms with E-state index >= 15 is 0 Å². The standard InChI is InChI=1S/B2Cl2HSi/c1-2-5(3)4/h5H. The SMILES string of the molecule is [B][B][SiH](Cl)Cl. The van der Waals surface area contributed by atoms with Gasteiger partial charge in [-0.25, -0.2) is 0 Å². The molecule has 5 heteroatoms. The zero-order chi connectivity index (χ0) is 4.28. The van der Waals surface area contributed by atoms with Crippen molar-refractivity contribution in [3.63, 3.8) is 0 Å². The normalized spacial score (nSPS) is 8.60. The van der Waals surface area contributed by atoms with Crippen molar-refractivity contribution < 1.29 is 0 Å². The van der Waals surface area contributed by atoms with Gasteiger partial charge in [0.25, 0.3) is 0 Å². The molecular weight excluding hydrogens is 121 g/mol. The predicted octanol–water partition coefficient (Wildman–Crippen LogP) is -0.0311. The van der Waals surface area contributed by atoms with Crippen molar-refractivity contribution in [1.82, 2.24) is 0 Å². The van der Waals surface area contributed by atoms with E-state index in [4.69, 9.17) is 29.9 Å². The van der Waals surface area contributed by atoms with E-state index in [1.165, 1.54) is 6.76 Å². The summed E-state index contributed by atoms with van der Waals surface area (Å²) in [5.41, 5.74) is 0.